The maximum atomic E-state index is 13.1. The minimum absolute atomic E-state index is 0.0324. The highest BCUT2D eigenvalue weighted by Crippen LogP contribution is 2.33. The van der Waals surface area contributed by atoms with Crippen LogP contribution in [-0.4, -0.2) is 54.1 Å². The zero-order chi connectivity index (χ0) is 22.0. The molecule has 0 aromatic carbocycles. The second-order valence-electron chi connectivity index (χ2n) is 7.49. The van der Waals surface area contributed by atoms with Gasteiger partial charge in [0.1, 0.15) is 5.82 Å². The lowest BCUT2D eigenvalue weighted by atomic mass is 9.92. The number of primary amides is 1. The van der Waals surface area contributed by atoms with Gasteiger partial charge in [0.25, 0.3) is 5.91 Å². The minimum atomic E-state index is -0.882. The molecule has 3 aromatic rings. The normalized spacial score (nSPS) is 18.5. The number of rotatable bonds is 4. The molecular weight excluding hydrogens is 400 g/mol. The Bertz CT molecular complexity index is 1110. The fraction of sp³-hybridized carbons (Fsp3) is 0.300. The average molecular weight is 422 g/mol. The quantitative estimate of drug-likeness (QED) is 0.534. The van der Waals surface area contributed by atoms with Crippen molar-refractivity contribution < 1.29 is 14.4 Å². The van der Waals surface area contributed by atoms with Gasteiger partial charge in [0.15, 0.2) is 5.82 Å². The van der Waals surface area contributed by atoms with Crippen LogP contribution in [0.3, 0.4) is 0 Å². The summed E-state index contributed by atoms with van der Waals surface area (Å²) in [4.78, 5) is 42.9. The van der Waals surface area contributed by atoms with Crippen molar-refractivity contribution in [3.8, 4) is 5.82 Å². The van der Waals surface area contributed by atoms with E-state index in [9.17, 15) is 14.4 Å². The van der Waals surface area contributed by atoms with E-state index < -0.39 is 17.7 Å². The third kappa shape index (κ3) is 4.15. The topological polar surface area (TPSA) is 152 Å². The largest absolute Gasteiger partial charge is 0.365 e. The summed E-state index contributed by atoms with van der Waals surface area (Å²) in [6.07, 6.45) is 6.43. The van der Waals surface area contributed by atoms with E-state index in [4.69, 9.17) is 5.73 Å². The van der Waals surface area contributed by atoms with Gasteiger partial charge in [-0.2, -0.15) is 10.2 Å². The first-order valence-corrected chi connectivity index (χ1v) is 9.86. The van der Waals surface area contributed by atoms with Crippen molar-refractivity contribution in [3.05, 3.63) is 54.1 Å². The molecule has 11 heteroatoms. The first-order valence-electron chi connectivity index (χ1n) is 9.86. The molecule has 2 atom stereocenters. The maximum absolute atomic E-state index is 13.1. The molecule has 11 nitrogen and oxygen atoms in total. The molecule has 0 unspecified atom stereocenters. The number of likely N-dealkylation sites (tertiary alicyclic amines) is 1. The van der Waals surface area contributed by atoms with E-state index in [1.165, 1.54) is 23.2 Å². The Morgan fingerprint density at radius 2 is 2.06 bits per heavy atom. The molecule has 160 valence electrons. The highest BCUT2D eigenvalue weighted by atomic mass is 16.2. The van der Waals surface area contributed by atoms with Gasteiger partial charge in [0.05, 0.1) is 17.3 Å². The second kappa shape index (κ2) is 8.38. The van der Waals surface area contributed by atoms with Crippen LogP contribution in [-0.2, 0) is 9.59 Å². The summed E-state index contributed by atoms with van der Waals surface area (Å²) in [5, 5.41) is 13.8. The summed E-state index contributed by atoms with van der Waals surface area (Å²) in [6.45, 7) is 2.44. The summed E-state index contributed by atoms with van der Waals surface area (Å²) in [5.41, 5.74) is 6.03. The minimum Gasteiger partial charge on any atom is -0.365 e. The number of nitrogens with zero attached hydrogens (tertiary/aromatic N) is 5. The molecule has 1 saturated heterocycles. The van der Waals surface area contributed by atoms with Crippen molar-refractivity contribution in [2.24, 2.45) is 11.7 Å². The molecule has 1 aliphatic rings. The van der Waals surface area contributed by atoms with E-state index in [1.54, 1.807) is 23.1 Å². The van der Waals surface area contributed by atoms with Crippen LogP contribution in [0.25, 0.3) is 5.82 Å². The number of carbonyl (C=O) groups is 3. The van der Waals surface area contributed by atoms with Crippen LogP contribution in [0.1, 0.15) is 41.9 Å². The number of aromatic amines is 1. The first kappa shape index (κ1) is 20.3. The summed E-state index contributed by atoms with van der Waals surface area (Å²) < 4.78 is 1.61. The Morgan fingerprint density at radius 1 is 1.23 bits per heavy atom. The highest BCUT2D eigenvalue weighted by Gasteiger charge is 2.35. The molecule has 3 amide bonds. The number of hydrogen-bond donors (Lipinski definition) is 3. The van der Waals surface area contributed by atoms with E-state index in [1.807, 2.05) is 13.0 Å². The zero-order valence-corrected chi connectivity index (χ0v) is 16.9. The number of aromatic nitrogens is 5. The summed E-state index contributed by atoms with van der Waals surface area (Å²) >= 11 is 0. The van der Waals surface area contributed by atoms with E-state index >= 15 is 0 Å². The number of nitrogens with two attached hydrogens (primary N) is 1. The molecule has 0 radical (unpaired) electrons. The van der Waals surface area contributed by atoms with E-state index in [0.29, 0.717) is 24.5 Å². The number of pyridine rings is 1. The van der Waals surface area contributed by atoms with Gasteiger partial charge in [-0.25, -0.2) is 9.67 Å². The van der Waals surface area contributed by atoms with Crippen molar-refractivity contribution in [2.75, 3.05) is 11.9 Å². The van der Waals surface area contributed by atoms with Crippen molar-refractivity contribution in [1.29, 1.82) is 0 Å². The smallest absolute Gasteiger partial charge is 0.315 e. The van der Waals surface area contributed by atoms with Gasteiger partial charge in [0.2, 0.25) is 0 Å². The number of H-pyrrole nitrogens is 1. The van der Waals surface area contributed by atoms with E-state index in [2.05, 4.69) is 25.6 Å². The first-order chi connectivity index (χ1) is 14.9. The van der Waals surface area contributed by atoms with Gasteiger partial charge in [-0.1, -0.05) is 6.92 Å². The highest BCUT2D eigenvalue weighted by molar-refractivity contribution is 6.39. The van der Waals surface area contributed by atoms with Crippen LogP contribution in [0.5, 0.6) is 0 Å². The zero-order valence-electron chi connectivity index (χ0n) is 16.9. The summed E-state index contributed by atoms with van der Waals surface area (Å²) in [6, 6.07) is 6.20. The number of piperidine rings is 1. The van der Waals surface area contributed by atoms with Crippen molar-refractivity contribution in [1.82, 2.24) is 29.9 Å². The molecule has 0 aliphatic carbocycles. The van der Waals surface area contributed by atoms with Crippen LogP contribution < -0.4 is 11.1 Å². The van der Waals surface area contributed by atoms with Gasteiger partial charge in [0, 0.05) is 31.2 Å². The molecule has 4 heterocycles. The van der Waals surface area contributed by atoms with Crippen LogP contribution in [0.2, 0.25) is 0 Å². The fourth-order valence-electron chi connectivity index (χ4n) is 3.70. The van der Waals surface area contributed by atoms with Gasteiger partial charge in [-0.3, -0.25) is 19.5 Å². The summed E-state index contributed by atoms with van der Waals surface area (Å²) in [7, 11) is 0. The average Bonchev–Trinajstić information content (AvgIpc) is 3.45. The van der Waals surface area contributed by atoms with Gasteiger partial charge >= 0.3 is 11.8 Å². The lowest BCUT2D eigenvalue weighted by molar-refractivity contribution is -0.146. The third-order valence-electron chi connectivity index (χ3n) is 5.25. The predicted molar refractivity (Wildman–Crippen MR) is 110 cm³/mol. The summed E-state index contributed by atoms with van der Waals surface area (Å²) in [5.74, 6) is -1.53. The molecule has 4 N–H and O–H groups in total. The molecule has 1 aliphatic heterocycles. The van der Waals surface area contributed by atoms with E-state index in [0.717, 1.165) is 6.42 Å². The molecule has 1 fully saturated rings. The van der Waals surface area contributed by atoms with Crippen molar-refractivity contribution >= 4 is 23.5 Å². The van der Waals surface area contributed by atoms with Gasteiger partial charge < -0.3 is 16.0 Å². The monoisotopic (exact) mass is 422 g/mol. The third-order valence-corrected chi connectivity index (χ3v) is 5.25. The molecule has 0 bridgehead atoms. The fourth-order valence-corrected chi connectivity index (χ4v) is 3.70. The Morgan fingerprint density at radius 3 is 2.81 bits per heavy atom. The Labute approximate surface area is 177 Å². The molecule has 3 aromatic heterocycles. The molecule has 31 heavy (non-hydrogen) atoms. The number of carbonyl (C=O) groups excluding carboxylic acids is 3. The van der Waals surface area contributed by atoms with Crippen LogP contribution in [0.15, 0.2) is 42.9 Å². The second-order valence-corrected chi connectivity index (χ2v) is 7.49. The van der Waals surface area contributed by atoms with Crippen molar-refractivity contribution in [3.63, 3.8) is 0 Å². The van der Waals surface area contributed by atoms with Crippen LogP contribution >= 0.6 is 0 Å². The lowest BCUT2D eigenvalue weighted by Crippen LogP contribution is -2.46. The standard InChI is InChI=1S/C20H22N8O3/c1-12-4-5-15(14-7-10-28(26-14)16-6-9-23-25-16)27(11-12)20(31)19(30)24-18-13(17(21)29)3-2-8-22-18/h2-3,6-10,12,15H,4-5,11H2,1H3,(H2,21,29)(H,23,25)(H,22,24,30)/t12-,15+/m0/s1. The number of nitrogens with one attached hydrogen (secondary N) is 2. The molecule has 4 rings (SSSR count). The van der Waals surface area contributed by atoms with Crippen LogP contribution in [0.4, 0.5) is 5.82 Å². The molecular formula is C20H22N8O3. The molecule has 0 saturated carbocycles. The van der Waals surface area contributed by atoms with Crippen LogP contribution in [0, 0.1) is 5.92 Å². The number of hydrogen-bond acceptors (Lipinski definition) is 6. The Kier molecular flexibility index (Phi) is 5.48. The van der Waals surface area contributed by atoms with Crippen molar-refractivity contribution in [2.45, 2.75) is 25.8 Å². The number of anilines is 1. The Hall–Kier alpha value is -4.02. The maximum Gasteiger partial charge on any atom is 0.315 e. The SMILES string of the molecule is C[C@H]1CC[C@H](c2ccn(-c3cc[nH]n3)n2)N(C(=O)C(=O)Nc2ncccc2C(N)=O)C1. The van der Waals surface area contributed by atoms with Gasteiger partial charge in [-0.15, -0.1) is 0 Å². The van der Waals surface area contributed by atoms with Gasteiger partial charge in [-0.05, 0) is 37.0 Å². The number of amides is 3. The predicted octanol–water partition coefficient (Wildman–Crippen LogP) is 1.03. The van der Waals surface area contributed by atoms with E-state index in [-0.39, 0.29) is 23.3 Å². The Balaban J connectivity index is 1.56. The molecule has 0 spiro atoms. The lowest BCUT2D eigenvalue weighted by Gasteiger charge is -2.37.